The van der Waals surface area contributed by atoms with Crippen molar-refractivity contribution in [2.75, 3.05) is 0 Å². The van der Waals surface area contributed by atoms with E-state index in [0.717, 1.165) is 33.1 Å². The van der Waals surface area contributed by atoms with Gasteiger partial charge in [-0.25, -0.2) is 9.48 Å². The molecule has 1 aromatic carbocycles. The number of halogens is 1. The highest BCUT2D eigenvalue weighted by Gasteiger charge is 2.44. The van der Waals surface area contributed by atoms with Crippen LogP contribution in [0.3, 0.4) is 0 Å². The van der Waals surface area contributed by atoms with Crippen LogP contribution in [0, 0.1) is 20.8 Å². The van der Waals surface area contributed by atoms with Gasteiger partial charge in [0.05, 0.1) is 24.3 Å². The summed E-state index contributed by atoms with van der Waals surface area (Å²) in [5.74, 6) is 0.326. The van der Waals surface area contributed by atoms with Gasteiger partial charge in [-0.1, -0.05) is 22.8 Å². The van der Waals surface area contributed by atoms with Gasteiger partial charge < -0.3 is 9.84 Å². The summed E-state index contributed by atoms with van der Waals surface area (Å²) in [7, 11) is 0. The molecule has 1 fully saturated rings. The smallest absolute Gasteiger partial charge is 0.325 e. The van der Waals surface area contributed by atoms with Crippen molar-refractivity contribution in [1.82, 2.24) is 30.1 Å². The van der Waals surface area contributed by atoms with Gasteiger partial charge in [-0.15, -0.1) is 0 Å². The molecule has 1 aliphatic heterocycles. The largest absolute Gasteiger partial charge is 0.339 e. The highest BCUT2D eigenvalue weighted by molar-refractivity contribution is 6.31. The van der Waals surface area contributed by atoms with E-state index >= 15 is 0 Å². The quantitative estimate of drug-likeness (QED) is 0.608. The molecule has 0 atom stereocenters. The molecule has 0 bridgehead atoms. The SMILES string of the molecule is Cc1ccc(-n2nc(C)c(Cc3nc(CN4C(=O)NC(C)(C)C4=O)no3)c2C)cc1Cl. The lowest BCUT2D eigenvalue weighted by Crippen LogP contribution is -2.40. The number of carbonyl (C=O) groups excluding carboxylic acids is 2. The van der Waals surface area contributed by atoms with Gasteiger partial charge in [-0.2, -0.15) is 10.1 Å². The second-order valence-electron chi connectivity index (χ2n) is 8.22. The molecule has 31 heavy (non-hydrogen) atoms. The van der Waals surface area contributed by atoms with Crippen molar-refractivity contribution in [3.63, 3.8) is 0 Å². The molecule has 2 aromatic heterocycles. The van der Waals surface area contributed by atoms with Crippen molar-refractivity contribution >= 4 is 23.5 Å². The normalized spacial score (nSPS) is 15.6. The van der Waals surface area contributed by atoms with Crippen LogP contribution in [0.2, 0.25) is 5.02 Å². The minimum absolute atomic E-state index is 0.0450. The lowest BCUT2D eigenvalue weighted by Gasteiger charge is -2.14. The lowest BCUT2D eigenvalue weighted by molar-refractivity contribution is -0.130. The second-order valence-corrected chi connectivity index (χ2v) is 8.63. The average Bonchev–Trinajstić information content (AvgIpc) is 3.31. The summed E-state index contributed by atoms with van der Waals surface area (Å²) in [6, 6.07) is 5.33. The molecule has 4 rings (SSSR count). The zero-order valence-electron chi connectivity index (χ0n) is 18.0. The van der Waals surface area contributed by atoms with Gasteiger partial charge >= 0.3 is 6.03 Å². The van der Waals surface area contributed by atoms with Gasteiger partial charge in [0.1, 0.15) is 5.54 Å². The van der Waals surface area contributed by atoms with Crippen LogP contribution in [0.5, 0.6) is 0 Å². The summed E-state index contributed by atoms with van der Waals surface area (Å²) in [5.41, 5.74) is 3.67. The first kappa shape index (κ1) is 21.0. The van der Waals surface area contributed by atoms with Gasteiger partial charge in [0.25, 0.3) is 5.91 Å². The van der Waals surface area contributed by atoms with Crippen LogP contribution < -0.4 is 5.32 Å². The summed E-state index contributed by atoms with van der Waals surface area (Å²) >= 11 is 6.27. The summed E-state index contributed by atoms with van der Waals surface area (Å²) in [4.78, 5) is 29.9. The van der Waals surface area contributed by atoms with Crippen molar-refractivity contribution in [3.05, 3.63) is 57.5 Å². The van der Waals surface area contributed by atoms with Crippen molar-refractivity contribution in [3.8, 4) is 5.69 Å². The number of nitrogens with zero attached hydrogens (tertiary/aromatic N) is 5. The Morgan fingerprint density at radius 2 is 1.94 bits per heavy atom. The molecule has 0 radical (unpaired) electrons. The maximum Gasteiger partial charge on any atom is 0.325 e. The Hall–Kier alpha value is -3.20. The Balaban J connectivity index is 1.54. The van der Waals surface area contributed by atoms with E-state index in [1.54, 1.807) is 13.8 Å². The molecule has 9 nitrogen and oxygen atoms in total. The zero-order valence-corrected chi connectivity index (χ0v) is 18.7. The number of benzene rings is 1. The highest BCUT2D eigenvalue weighted by Crippen LogP contribution is 2.24. The minimum Gasteiger partial charge on any atom is -0.339 e. The number of rotatable bonds is 5. The van der Waals surface area contributed by atoms with E-state index in [-0.39, 0.29) is 18.3 Å². The lowest BCUT2D eigenvalue weighted by atomic mass is 10.1. The van der Waals surface area contributed by atoms with Gasteiger partial charge in [0, 0.05) is 16.3 Å². The van der Waals surface area contributed by atoms with Crippen molar-refractivity contribution in [2.45, 2.75) is 53.1 Å². The Kier molecular flexibility index (Phi) is 5.09. The van der Waals surface area contributed by atoms with Crippen molar-refractivity contribution in [1.29, 1.82) is 0 Å². The van der Waals surface area contributed by atoms with Crippen LogP contribution in [0.1, 0.15) is 48.1 Å². The number of hydrogen-bond donors (Lipinski definition) is 1. The first-order valence-corrected chi connectivity index (χ1v) is 10.2. The van der Waals surface area contributed by atoms with Crippen LogP contribution in [0.15, 0.2) is 22.7 Å². The molecule has 1 aliphatic rings. The van der Waals surface area contributed by atoms with Crippen LogP contribution in [0.4, 0.5) is 4.79 Å². The maximum absolute atomic E-state index is 12.3. The number of imide groups is 1. The Labute approximate surface area is 184 Å². The summed E-state index contributed by atoms with van der Waals surface area (Å²) in [6.07, 6.45) is 0.385. The molecule has 3 aromatic rings. The molecule has 3 heterocycles. The second kappa shape index (κ2) is 7.49. The molecule has 0 aliphatic carbocycles. The monoisotopic (exact) mass is 442 g/mol. The molecule has 0 spiro atoms. The molecular formula is C21H23ClN6O3. The number of amides is 3. The van der Waals surface area contributed by atoms with Gasteiger partial charge in [-0.3, -0.25) is 9.69 Å². The fraction of sp³-hybridized carbons (Fsp3) is 0.381. The third-order valence-corrected chi connectivity index (χ3v) is 5.83. The van der Waals surface area contributed by atoms with Crippen LogP contribution in [-0.2, 0) is 17.8 Å². The topological polar surface area (TPSA) is 106 Å². The van der Waals surface area contributed by atoms with Crippen LogP contribution in [-0.4, -0.2) is 42.3 Å². The van der Waals surface area contributed by atoms with E-state index in [2.05, 4.69) is 20.6 Å². The summed E-state index contributed by atoms with van der Waals surface area (Å²) in [5, 5.41) is 11.9. The number of urea groups is 1. The molecule has 0 unspecified atom stereocenters. The average molecular weight is 443 g/mol. The Bertz CT molecular complexity index is 1200. The molecule has 162 valence electrons. The van der Waals surface area contributed by atoms with E-state index < -0.39 is 11.6 Å². The minimum atomic E-state index is -0.939. The molecule has 0 saturated carbocycles. The fourth-order valence-corrected chi connectivity index (χ4v) is 3.75. The predicted octanol–water partition coefficient (Wildman–Crippen LogP) is 3.26. The summed E-state index contributed by atoms with van der Waals surface area (Å²) < 4.78 is 7.21. The third kappa shape index (κ3) is 3.81. The van der Waals surface area contributed by atoms with Gasteiger partial charge in [-0.05, 0) is 52.3 Å². The first-order valence-electron chi connectivity index (χ1n) is 9.84. The standard InChI is InChI=1S/C21H23ClN6O3/c1-11-6-7-14(8-16(11)22)28-13(3)15(12(2)25-28)9-18-23-17(26-31-18)10-27-19(29)21(4,5)24-20(27)30/h6-8H,9-10H2,1-5H3,(H,24,30). The van der Waals surface area contributed by atoms with Gasteiger partial charge in [0.15, 0.2) is 5.82 Å². The van der Waals surface area contributed by atoms with E-state index in [9.17, 15) is 9.59 Å². The predicted molar refractivity (Wildman–Crippen MR) is 113 cm³/mol. The Morgan fingerprint density at radius 3 is 2.58 bits per heavy atom. The molecule has 1 saturated heterocycles. The van der Waals surface area contributed by atoms with Crippen molar-refractivity contribution in [2.24, 2.45) is 0 Å². The fourth-order valence-electron chi connectivity index (χ4n) is 3.58. The molecule has 3 amide bonds. The van der Waals surface area contributed by atoms with Gasteiger partial charge in [0.2, 0.25) is 5.89 Å². The molecule has 10 heteroatoms. The molecule has 1 N–H and O–H groups in total. The number of aryl methyl sites for hydroxylation is 2. The van der Waals surface area contributed by atoms with E-state index in [4.69, 9.17) is 16.1 Å². The molecular weight excluding hydrogens is 420 g/mol. The van der Waals surface area contributed by atoms with Crippen LogP contribution >= 0.6 is 11.6 Å². The van der Waals surface area contributed by atoms with Crippen LogP contribution in [0.25, 0.3) is 5.69 Å². The number of hydrogen-bond acceptors (Lipinski definition) is 6. The van der Waals surface area contributed by atoms with E-state index in [1.807, 2.05) is 43.7 Å². The number of aromatic nitrogens is 4. The first-order chi connectivity index (χ1) is 14.6. The highest BCUT2D eigenvalue weighted by atomic mass is 35.5. The number of carbonyl (C=O) groups is 2. The van der Waals surface area contributed by atoms with Crippen molar-refractivity contribution < 1.29 is 14.1 Å². The number of nitrogens with one attached hydrogen (secondary N) is 1. The van der Waals surface area contributed by atoms with E-state index in [0.29, 0.717) is 17.3 Å². The van der Waals surface area contributed by atoms with E-state index in [1.165, 1.54) is 0 Å². The zero-order chi connectivity index (χ0) is 22.5. The Morgan fingerprint density at radius 1 is 1.19 bits per heavy atom. The summed E-state index contributed by atoms with van der Waals surface area (Å²) in [6.45, 7) is 9.10. The third-order valence-electron chi connectivity index (χ3n) is 5.42. The maximum atomic E-state index is 12.3.